The van der Waals surface area contributed by atoms with E-state index in [0.29, 0.717) is 6.04 Å². The number of thiazole rings is 1. The van der Waals surface area contributed by atoms with Crippen molar-refractivity contribution >= 4 is 34.5 Å². The molecule has 5 heteroatoms. The Balaban J connectivity index is 2.71. The second-order valence-electron chi connectivity index (χ2n) is 3.81. The zero-order valence-electron chi connectivity index (χ0n) is 10.2. The molecule has 0 saturated heterocycles. The first-order valence-corrected chi connectivity index (χ1v) is 7.45. The molecule has 0 spiro atoms. The number of carbonyl (C=O) groups is 1. The van der Waals surface area contributed by atoms with Crippen LogP contribution in [0.1, 0.15) is 28.7 Å². The monoisotopic (exact) mass is 258 g/mol. The molecular formula is C11H18N2OS2. The first-order valence-electron chi connectivity index (χ1n) is 5.24. The average Bonchev–Trinajstić information content (AvgIpc) is 2.66. The maximum absolute atomic E-state index is 10.8. The van der Waals surface area contributed by atoms with E-state index in [1.165, 1.54) is 11.3 Å². The molecule has 16 heavy (non-hydrogen) atoms. The van der Waals surface area contributed by atoms with E-state index in [4.69, 9.17) is 0 Å². The van der Waals surface area contributed by atoms with Gasteiger partial charge in [0.05, 0.1) is 10.6 Å². The summed E-state index contributed by atoms with van der Waals surface area (Å²) in [6.45, 7) is 4.07. The Morgan fingerprint density at radius 1 is 1.62 bits per heavy atom. The zero-order chi connectivity index (χ0) is 12.1. The van der Waals surface area contributed by atoms with Crippen LogP contribution in [0.4, 0.5) is 5.13 Å². The van der Waals surface area contributed by atoms with E-state index in [1.54, 1.807) is 0 Å². The van der Waals surface area contributed by atoms with Crippen LogP contribution in [0.5, 0.6) is 0 Å². The van der Waals surface area contributed by atoms with E-state index in [2.05, 4.69) is 23.1 Å². The summed E-state index contributed by atoms with van der Waals surface area (Å²) in [5.41, 5.74) is 0.832. The van der Waals surface area contributed by atoms with E-state index in [0.717, 1.165) is 34.2 Å². The second kappa shape index (κ2) is 6.25. The fourth-order valence-corrected chi connectivity index (χ4v) is 2.85. The number of anilines is 1. The van der Waals surface area contributed by atoms with Crippen molar-refractivity contribution in [1.29, 1.82) is 0 Å². The molecule has 0 fully saturated rings. The Bertz CT molecular complexity index is 352. The van der Waals surface area contributed by atoms with Gasteiger partial charge in [0.25, 0.3) is 0 Å². The summed E-state index contributed by atoms with van der Waals surface area (Å²) in [6, 6.07) is 0.456. The number of aryl methyl sites for hydroxylation is 1. The maximum Gasteiger partial charge on any atom is 0.186 e. The lowest BCUT2D eigenvalue weighted by Gasteiger charge is -2.23. The lowest BCUT2D eigenvalue weighted by Crippen LogP contribution is -2.29. The van der Waals surface area contributed by atoms with E-state index in [1.807, 2.05) is 25.7 Å². The summed E-state index contributed by atoms with van der Waals surface area (Å²) in [6.07, 6.45) is 4.13. The molecule has 1 aromatic heterocycles. The molecule has 0 aliphatic rings. The molecule has 0 N–H and O–H groups in total. The Labute approximate surface area is 105 Å². The molecule has 0 radical (unpaired) electrons. The fourth-order valence-electron chi connectivity index (χ4n) is 1.32. The molecule has 1 atom stereocenters. The number of hydrogen-bond acceptors (Lipinski definition) is 5. The lowest BCUT2D eigenvalue weighted by atomic mass is 10.2. The Morgan fingerprint density at radius 3 is 2.81 bits per heavy atom. The van der Waals surface area contributed by atoms with E-state index in [9.17, 15) is 4.79 Å². The summed E-state index contributed by atoms with van der Waals surface area (Å²) < 4.78 is 0. The summed E-state index contributed by atoms with van der Waals surface area (Å²) in [5.74, 6) is 1.15. The van der Waals surface area contributed by atoms with Crippen molar-refractivity contribution in [2.24, 2.45) is 0 Å². The second-order valence-corrected chi connectivity index (χ2v) is 5.80. The van der Waals surface area contributed by atoms with Crippen LogP contribution in [0.15, 0.2) is 0 Å². The number of carbonyl (C=O) groups excluding carboxylic acids is 1. The third kappa shape index (κ3) is 3.22. The Kier molecular flexibility index (Phi) is 5.28. The standard InChI is InChI=1S/C11H18N2OS2/c1-8(5-6-15-4)13(3)11-12-9(2)10(7-14)16-11/h7-8H,5-6H2,1-4H3. The van der Waals surface area contributed by atoms with Gasteiger partial charge >= 0.3 is 0 Å². The van der Waals surface area contributed by atoms with E-state index >= 15 is 0 Å². The van der Waals surface area contributed by atoms with Crippen LogP contribution in [0.3, 0.4) is 0 Å². The molecule has 1 unspecified atom stereocenters. The van der Waals surface area contributed by atoms with Gasteiger partial charge < -0.3 is 4.90 Å². The van der Waals surface area contributed by atoms with E-state index in [-0.39, 0.29) is 0 Å². The molecule has 0 saturated carbocycles. The van der Waals surface area contributed by atoms with Crippen molar-refractivity contribution in [3.8, 4) is 0 Å². The largest absolute Gasteiger partial charge is 0.348 e. The highest BCUT2D eigenvalue weighted by Crippen LogP contribution is 2.25. The molecule has 1 rings (SSSR count). The predicted octanol–water partition coefficient (Wildman–Crippen LogP) is 2.84. The van der Waals surface area contributed by atoms with Gasteiger partial charge in [0.2, 0.25) is 0 Å². The van der Waals surface area contributed by atoms with Gasteiger partial charge in [-0.3, -0.25) is 4.79 Å². The number of thioether (sulfide) groups is 1. The molecule has 0 aromatic carbocycles. The smallest absolute Gasteiger partial charge is 0.186 e. The number of rotatable bonds is 6. The first-order chi connectivity index (χ1) is 7.60. The van der Waals surface area contributed by atoms with Crippen LogP contribution < -0.4 is 4.90 Å². The molecule has 0 aliphatic heterocycles. The lowest BCUT2D eigenvalue weighted by molar-refractivity contribution is 0.112. The van der Waals surface area contributed by atoms with Crippen LogP contribution in [0, 0.1) is 6.92 Å². The minimum atomic E-state index is 0.456. The average molecular weight is 258 g/mol. The van der Waals surface area contributed by atoms with Crippen LogP contribution >= 0.6 is 23.1 Å². The Morgan fingerprint density at radius 2 is 2.31 bits per heavy atom. The van der Waals surface area contributed by atoms with Crippen molar-refractivity contribution in [1.82, 2.24) is 4.98 Å². The maximum atomic E-state index is 10.8. The summed E-state index contributed by atoms with van der Waals surface area (Å²) in [7, 11) is 2.04. The van der Waals surface area contributed by atoms with Crippen molar-refractivity contribution < 1.29 is 4.79 Å². The van der Waals surface area contributed by atoms with Gasteiger partial charge in [-0.25, -0.2) is 4.98 Å². The van der Waals surface area contributed by atoms with Crippen LogP contribution in [0.25, 0.3) is 0 Å². The van der Waals surface area contributed by atoms with Gasteiger partial charge in [-0.05, 0) is 32.3 Å². The van der Waals surface area contributed by atoms with Crippen LogP contribution in [0.2, 0.25) is 0 Å². The molecule has 3 nitrogen and oxygen atoms in total. The first kappa shape index (κ1) is 13.5. The third-order valence-corrected chi connectivity index (χ3v) is 4.45. The van der Waals surface area contributed by atoms with Gasteiger partial charge in [-0.2, -0.15) is 11.8 Å². The highest BCUT2D eigenvalue weighted by atomic mass is 32.2. The van der Waals surface area contributed by atoms with E-state index < -0.39 is 0 Å². The van der Waals surface area contributed by atoms with Crippen LogP contribution in [-0.4, -0.2) is 36.4 Å². The van der Waals surface area contributed by atoms with Crippen molar-refractivity contribution in [3.63, 3.8) is 0 Å². The number of aldehydes is 1. The van der Waals surface area contributed by atoms with Crippen molar-refractivity contribution in [3.05, 3.63) is 10.6 Å². The summed E-state index contributed by atoms with van der Waals surface area (Å²) >= 11 is 3.32. The fraction of sp³-hybridized carbons (Fsp3) is 0.636. The quantitative estimate of drug-likeness (QED) is 0.735. The van der Waals surface area contributed by atoms with Crippen LogP contribution in [-0.2, 0) is 0 Å². The van der Waals surface area contributed by atoms with Gasteiger partial charge in [0, 0.05) is 13.1 Å². The normalized spacial score (nSPS) is 12.5. The van der Waals surface area contributed by atoms with Crippen molar-refractivity contribution in [2.75, 3.05) is 24.0 Å². The summed E-state index contributed by atoms with van der Waals surface area (Å²) in [4.78, 5) is 18.1. The van der Waals surface area contributed by atoms with Crippen molar-refractivity contribution in [2.45, 2.75) is 26.3 Å². The molecular weight excluding hydrogens is 240 g/mol. The van der Waals surface area contributed by atoms with Gasteiger partial charge in [0.1, 0.15) is 0 Å². The molecule has 90 valence electrons. The third-order valence-electron chi connectivity index (χ3n) is 2.63. The minimum absolute atomic E-state index is 0.456. The molecule has 0 bridgehead atoms. The zero-order valence-corrected chi connectivity index (χ0v) is 11.8. The van der Waals surface area contributed by atoms with Gasteiger partial charge in [-0.15, -0.1) is 0 Å². The highest BCUT2D eigenvalue weighted by Gasteiger charge is 2.15. The molecule has 0 amide bonds. The van der Waals surface area contributed by atoms with Gasteiger partial charge in [-0.1, -0.05) is 11.3 Å². The predicted molar refractivity (Wildman–Crippen MR) is 73.1 cm³/mol. The number of hydrogen-bond donors (Lipinski definition) is 0. The Hall–Kier alpha value is -0.550. The number of aromatic nitrogens is 1. The molecule has 0 aliphatic carbocycles. The summed E-state index contributed by atoms with van der Waals surface area (Å²) in [5, 5.41) is 0.938. The highest BCUT2D eigenvalue weighted by molar-refractivity contribution is 7.98. The minimum Gasteiger partial charge on any atom is -0.348 e. The van der Waals surface area contributed by atoms with Gasteiger partial charge in [0.15, 0.2) is 11.4 Å². The molecule has 1 aromatic rings. The topological polar surface area (TPSA) is 33.2 Å². The molecule has 1 heterocycles. The SMILES string of the molecule is CSCCC(C)N(C)c1nc(C)c(C=O)s1. The number of nitrogens with zero attached hydrogens (tertiary/aromatic N) is 2.